The molecule has 0 aliphatic carbocycles. The van der Waals surface area contributed by atoms with Crippen LogP contribution in [0, 0.1) is 10.1 Å². The van der Waals surface area contributed by atoms with Gasteiger partial charge in [-0.3, -0.25) is 14.9 Å². The fraction of sp³-hybridized carbons (Fsp3) is 0.0500. The van der Waals surface area contributed by atoms with Crippen molar-refractivity contribution in [3.8, 4) is 17.2 Å². The molecule has 0 spiro atoms. The molecule has 4 rings (SSSR count). The van der Waals surface area contributed by atoms with Gasteiger partial charge in [-0.1, -0.05) is 6.07 Å². The molecule has 1 aliphatic heterocycles. The average molecular weight is 423 g/mol. The molecule has 156 valence electrons. The number of amides is 1. The molecule has 31 heavy (non-hydrogen) atoms. The van der Waals surface area contributed by atoms with Crippen LogP contribution in [0.2, 0.25) is 0 Å². The Hall–Kier alpha value is -4.67. The number of nitro groups is 1. The number of hydrazone groups is 1. The Bertz CT molecular complexity index is 1190. The van der Waals surface area contributed by atoms with E-state index in [1.165, 1.54) is 54.8 Å². The quantitative estimate of drug-likeness (QED) is 0.210. The first-order valence-corrected chi connectivity index (χ1v) is 8.79. The Morgan fingerprint density at radius 2 is 1.97 bits per heavy atom. The summed E-state index contributed by atoms with van der Waals surface area (Å²) in [6, 6.07) is 11.4. The molecule has 1 amide bonds. The van der Waals surface area contributed by atoms with Crippen LogP contribution >= 0.6 is 0 Å². The van der Waals surface area contributed by atoms with E-state index in [2.05, 4.69) is 10.5 Å². The Balaban J connectivity index is 1.58. The second-order valence-corrected chi connectivity index (χ2v) is 6.09. The van der Waals surface area contributed by atoms with E-state index < -0.39 is 22.5 Å². The maximum Gasteiger partial charge on any atom is 0.343 e. The summed E-state index contributed by atoms with van der Waals surface area (Å²) in [6.45, 7) is 0.0301. The molecule has 0 atom stereocenters. The molecule has 0 fully saturated rings. The van der Waals surface area contributed by atoms with Gasteiger partial charge in [0.05, 0.1) is 23.0 Å². The third-order valence-electron chi connectivity index (χ3n) is 4.14. The van der Waals surface area contributed by atoms with Crippen LogP contribution in [0.4, 0.5) is 5.69 Å². The predicted octanol–water partition coefficient (Wildman–Crippen LogP) is 2.90. The summed E-state index contributed by atoms with van der Waals surface area (Å²) in [5, 5.41) is 15.2. The zero-order valence-electron chi connectivity index (χ0n) is 15.6. The van der Waals surface area contributed by atoms with Crippen LogP contribution in [-0.4, -0.2) is 29.8 Å². The van der Waals surface area contributed by atoms with Crippen molar-refractivity contribution in [1.29, 1.82) is 0 Å². The van der Waals surface area contributed by atoms with Gasteiger partial charge in [-0.05, 0) is 36.4 Å². The Kier molecular flexibility index (Phi) is 5.30. The molecule has 0 unspecified atom stereocenters. The van der Waals surface area contributed by atoms with Crippen molar-refractivity contribution in [2.24, 2.45) is 5.10 Å². The number of furan rings is 1. The molecule has 2 aromatic carbocycles. The van der Waals surface area contributed by atoms with E-state index in [9.17, 15) is 19.7 Å². The molecular formula is C20H13N3O8. The van der Waals surface area contributed by atoms with Crippen LogP contribution in [0.3, 0.4) is 0 Å². The number of hydrogen-bond donors (Lipinski definition) is 1. The summed E-state index contributed by atoms with van der Waals surface area (Å²) in [5.74, 6) is -0.925. The maximum atomic E-state index is 12.6. The van der Waals surface area contributed by atoms with Gasteiger partial charge in [0, 0.05) is 11.6 Å². The molecule has 2 heterocycles. The van der Waals surface area contributed by atoms with Crippen LogP contribution in [0.1, 0.15) is 26.5 Å². The summed E-state index contributed by atoms with van der Waals surface area (Å²) < 4.78 is 20.7. The third-order valence-corrected chi connectivity index (χ3v) is 4.14. The van der Waals surface area contributed by atoms with Crippen LogP contribution in [0.15, 0.2) is 64.3 Å². The number of nitrogens with one attached hydrogen (secondary N) is 1. The average Bonchev–Trinajstić information content (AvgIpc) is 3.46. The highest BCUT2D eigenvalue weighted by Crippen LogP contribution is 2.34. The van der Waals surface area contributed by atoms with E-state index in [1.807, 2.05) is 0 Å². The standard InChI is InChI=1S/C20H13N3O8/c24-19(16-5-2-8-28-16)22-21-10-13-3-1-4-14(23(26)27)18(13)31-20(25)12-6-7-15-17(9-12)30-11-29-15/h1-10H,11H2,(H,22,24). The lowest BCUT2D eigenvalue weighted by Gasteiger charge is -2.08. The van der Waals surface area contributed by atoms with Crippen molar-refractivity contribution >= 4 is 23.8 Å². The molecule has 0 bridgehead atoms. The number of carbonyl (C=O) groups is 2. The van der Waals surface area contributed by atoms with Gasteiger partial charge in [0.2, 0.25) is 12.5 Å². The minimum Gasteiger partial charge on any atom is -0.459 e. The summed E-state index contributed by atoms with van der Waals surface area (Å²) in [4.78, 5) is 35.2. The predicted molar refractivity (Wildman–Crippen MR) is 104 cm³/mol. The normalized spacial score (nSPS) is 12.0. The van der Waals surface area contributed by atoms with E-state index >= 15 is 0 Å². The zero-order valence-corrected chi connectivity index (χ0v) is 15.6. The van der Waals surface area contributed by atoms with Crippen LogP contribution in [0.5, 0.6) is 17.2 Å². The van der Waals surface area contributed by atoms with Gasteiger partial charge in [0.1, 0.15) is 0 Å². The first-order valence-electron chi connectivity index (χ1n) is 8.79. The molecule has 11 heteroatoms. The molecule has 1 aromatic heterocycles. The number of carbonyl (C=O) groups excluding carboxylic acids is 2. The molecular weight excluding hydrogens is 410 g/mol. The molecule has 1 aliphatic rings. The minimum absolute atomic E-state index is 0.0301. The summed E-state index contributed by atoms with van der Waals surface area (Å²) in [7, 11) is 0. The first kappa shape index (κ1) is 19.6. The second kappa shape index (κ2) is 8.37. The number of para-hydroxylation sites is 1. The number of hydrogen-bond acceptors (Lipinski definition) is 9. The highest BCUT2D eigenvalue weighted by Gasteiger charge is 2.24. The molecule has 0 saturated heterocycles. The highest BCUT2D eigenvalue weighted by molar-refractivity contribution is 5.96. The van der Waals surface area contributed by atoms with Crippen molar-refractivity contribution in [1.82, 2.24) is 5.43 Å². The minimum atomic E-state index is -0.845. The van der Waals surface area contributed by atoms with Crippen LogP contribution in [-0.2, 0) is 0 Å². The first-order chi connectivity index (χ1) is 15.0. The molecule has 3 aromatic rings. The van der Waals surface area contributed by atoms with Crippen molar-refractivity contribution in [2.45, 2.75) is 0 Å². The summed E-state index contributed by atoms with van der Waals surface area (Å²) in [5.41, 5.74) is 1.98. The Morgan fingerprint density at radius 3 is 2.74 bits per heavy atom. The van der Waals surface area contributed by atoms with Crippen LogP contribution in [0.25, 0.3) is 0 Å². The van der Waals surface area contributed by atoms with Gasteiger partial charge in [-0.2, -0.15) is 5.10 Å². The SMILES string of the molecule is O=C(Oc1c(C=NNC(=O)c2ccco2)cccc1[N+](=O)[O-])c1ccc2c(c1)OCO2. The van der Waals surface area contributed by atoms with Gasteiger partial charge in [0.25, 0.3) is 0 Å². The lowest BCUT2D eigenvalue weighted by atomic mass is 10.1. The van der Waals surface area contributed by atoms with E-state index in [0.29, 0.717) is 11.5 Å². The summed E-state index contributed by atoms with van der Waals surface area (Å²) in [6.07, 6.45) is 2.45. The Labute approximate surface area is 174 Å². The second-order valence-electron chi connectivity index (χ2n) is 6.09. The monoisotopic (exact) mass is 423 g/mol. The molecule has 0 saturated carbocycles. The lowest BCUT2D eigenvalue weighted by Crippen LogP contribution is -2.17. The van der Waals surface area contributed by atoms with Crippen molar-refractivity contribution in [3.63, 3.8) is 0 Å². The lowest BCUT2D eigenvalue weighted by molar-refractivity contribution is -0.385. The van der Waals surface area contributed by atoms with E-state index in [-0.39, 0.29) is 29.4 Å². The van der Waals surface area contributed by atoms with E-state index in [0.717, 1.165) is 6.21 Å². The number of ether oxygens (including phenoxy) is 3. The molecule has 11 nitrogen and oxygen atoms in total. The topological polar surface area (TPSA) is 142 Å². The van der Waals surface area contributed by atoms with Gasteiger partial charge in [0.15, 0.2) is 17.3 Å². The van der Waals surface area contributed by atoms with Crippen molar-refractivity contribution < 1.29 is 33.1 Å². The van der Waals surface area contributed by atoms with Crippen molar-refractivity contribution in [3.05, 3.63) is 81.8 Å². The number of esters is 1. The third kappa shape index (κ3) is 4.19. The van der Waals surface area contributed by atoms with E-state index in [4.69, 9.17) is 18.6 Å². The molecule has 0 radical (unpaired) electrons. The Morgan fingerprint density at radius 1 is 1.13 bits per heavy atom. The zero-order chi connectivity index (χ0) is 21.8. The largest absolute Gasteiger partial charge is 0.459 e. The van der Waals surface area contributed by atoms with Crippen LogP contribution < -0.4 is 19.6 Å². The van der Waals surface area contributed by atoms with Gasteiger partial charge in [-0.25, -0.2) is 10.2 Å². The number of benzene rings is 2. The maximum absolute atomic E-state index is 12.6. The van der Waals surface area contributed by atoms with Crippen molar-refractivity contribution in [2.75, 3.05) is 6.79 Å². The number of nitrogens with zero attached hydrogens (tertiary/aromatic N) is 2. The van der Waals surface area contributed by atoms with Gasteiger partial charge < -0.3 is 18.6 Å². The smallest absolute Gasteiger partial charge is 0.343 e. The number of fused-ring (bicyclic) bond motifs is 1. The molecule has 1 N–H and O–H groups in total. The van der Waals surface area contributed by atoms with Gasteiger partial charge in [-0.15, -0.1) is 0 Å². The fourth-order valence-electron chi connectivity index (χ4n) is 2.70. The van der Waals surface area contributed by atoms with E-state index in [1.54, 1.807) is 0 Å². The number of nitro benzene ring substituents is 1. The van der Waals surface area contributed by atoms with Gasteiger partial charge >= 0.3 is 17.6 Å². The fourth-order valence-corrected chi connectivity index (χ4v) is 2.70. The summed E-state index contributed by atoms with van der Waals surface area (Å²) >= 11 is 0. The highest BCUT2D eigenvalue weighted by atomic mass is 16.7. The number of rotatable bonds is 6.